The minimum absolute atomic E-state index is 0.0153. The molecule has 3 aromatic rings. The van der Waals surface area contributed by atoms with Gasteiger partial charge in [0.15, 0.2) is 10.0 Å². The zero-order chi connectivity index (χ0) is 19.6. The average molecular weight is 406 g/mol. The van der Waals surface area contributed by atoms with Crippen LogP contribution >= 0.6 is 11.3 Å². The van der Waals surface area contributed by atoms with Crippen molar-refractivity contribution in [1.82, 2.24) is 4.98 Å². The standard InChI is InChI=1S/C15H10N4O6S2/c20-18(21)11-7-5-10(6-8-11)12-9-26-15(16-12)17-27(24,25)14-4-2-1-3-13(14)19(22)23/h1-9H,(H,16,17). The lowest BCUT2D eigenvalue weighted by Crippen LogP contribution is -2.14. The van der Waals surface area contributed by atoms with Gasteiger partial charge in [-0.15, -0.1) is 11.3 Å². The Labute approximate surface area is 156 Å². The number of aromatic nitrogens is 1. The van der Waals surface area contributed by atoms with E-state index in [-0.39, 0.29) is 10.8 Å². The van der Waals surface area contributed by atoms with E-state index in [1.54, 1.807) is 5.38 Å². The molecule has 0 aliphatic carbocycles. The highest BCUT2D eigenvalue weighted by atomic mass is 32.2. The highest BCUT2D eigenvalue weighted by Gasteiger charge is 2.26. The molecule has 0 saturated heterocycles. The van der Waals surface area contributed by atoms with Crippen LogP contribution in [-0.4, -0.2) is 23.2 Å². The number of nitro groups is 2. The summed E-state index contributed by atoms with van der Waals surface area (Å²) < 4.78 is 27.2. The van der Waals surface area contributed by atoms with Crippen molar-refractivity contribution in [2.75, 3.05) is 4.72 Å². The first-order chi connectivity index (χ1) is 12.8. The van der Waals surface area contributed by atoms with Gasteiger partial charge >= 0.3 is 0 Å². The van der Waals surface area contributed by atoms with Crippen LogP contribution in [0, 0.1) is 20.2 Å². The van der Waals surface area contributed by atoms with E-state index >= 15 is 0 Å². The van der Waals surface area contributed by atoms with E-state index < -0.39 is 30.5 Å². The number of non-ortho nitro benzene ring substituents is 1. The number of nitrogens with one attached hydrogen (secondary N) is 1. The van der Waals surface area contributed by atoms with Gasteiger partial charge in [0, 0.05) is 29.1 Å². The summed E-state index contributed by atoms with van der Waals surface area (Å²) in [4.78, 5) is 24.1. The van der Waals surface area contributed by atoms with Crippen LogP contribution in [0.3, 0.4) is 0 Å². The molecule has 10 nitrogen and oxygen atoms in total. The van der Waals surface area contributed by atoms with E-state index in [0.29, 0.717) is 11.3 Å². The van der Waals surface area contributed by atoms with Crippen molar-refractivity contribution in [1.29, 1.82) is 0 Å². The molecule has 0 unspecified atom stereocenters. The van der Waals surface area contributed by atoms with Gasteiger partial charge in [-0.2, -0.15) is 0 Å². The first-order valence-electron chi connectivity index (χ1n) is 7.24. The Hall–Kier alpha value is -3.38. The Morgan fingerprint density at radius 3 is 2.26 bits per heavy atom. The molecule has 0 spiro atoms. The molecule has 0 aliphatic rings. The van der Waals surface area contributed by atoms with E-state index in [4.69, 9.17) is 0 Å². The Morgan fingerprint density at radius 1 is 0.963 bits per heavy atom. The molecule has 0 bridgehead atoms. The molecule has 0 atom stereocenters. The molecule has 1 aromatic heterocycles. The third-order valence-corrected chi connectivity index (χ3v) is 5.72. The summed E-state index contributed by atoms with van der Waals surface area (Å²) in [5.41, 5.74) is 0.353. The number of nitro benzene ring substituents is 2. The zero-order valence-corrected chi connectivity index (χ0v) is 14.9. The lowest BCUT2D eigenvalue weighted by molar-refractivity contribution is -0.387. The van der Waals surface area contributed by atoms with Gasteiger partial charge in [0.1, 0.15) is 0 Å². The van der Waals surface area contributed by atoms with E-state index in [9.17, 15) is 28.6 Å². The second-order valence-corrected chi connectivity index (χ2v) is 7.68. The van der Waals surface area contributed by atoms with Crippen LogP contribution < -0.4 is 4.72 Å². The van der Waals surface area contributed by atoms with Crippen LogP contribution in [0.15, 0.2) is 58.8 Å². The predicted octanol–water partition coefficient (Wildman–Crippen LogP) is 3.43. The van der Waals surface area contributed by atoms with Crippen molar-refractivity contribution in [3.8, 4) is 11.3 Å². The fourth-order valence-electron chi connectivity index (χ4n) is 2.21. The fraction of sp³-hybridized carbons (Fsp3) is 0. The van der Waals surface area contributed by atoms with Gasteiger partial charge in [-0.1, -0.05) is 12.1 Å². The maximum absolute atomic E-state index is 12.5. The number of hydrogen-bond acceptors (Lipinski definition) is 8. The normalized spacial score (nSPS) is 11.1. The van der Waals surface area contributed by atoms with Crippen molar-refractivity contribution in [2.24, 2.45) is 0 Å². The van der Waals surface area contributed by atoms with Crippen LogP contribution in [0.2, 0.25) is 0 Å². The van der Waals surface area contributed by atoms with Crippen molar-refractivity contribution in [3.63, 3.8) is 0 Å². The van der Waals surface area contributed by atoms with Gasteiger partial charge in [-0.05, 0) is 18.2 Å². The fourth-order valence-corrected chi connectivity index (χ4v) is 4.36. The Kier molecular flexibility index (Phi) is 4.83. The maximum atomic E-state index is 12.5. The topological polar surface area (TPSA) is 145 Å². The van der Waals surface area contributed by atoms with Crippen LogP contribution in [0.25, 0.3) is 11.3 Å². The number of para-hydroxylation sites is 1. The number of benzene rings is 2. The van der Waals surface area contributed by atoms with Gasteiger partial charge in [0.25, 0.3) is 21.4 Å². The SMILES string of the molecule is O=[N+]([O-])c1ccc(-c2csc(NS(=O)(=O)c3ccccc3[N+](=O)[O-])n2)cc1. The first kappa shape index (κ1) is 18.4. The van der Waals surface area contributed by atoms with Gasteiger partial charge in [0.05, 0.1) is 15.5 Å². The smallest absolute Gasteiger partial charge is 0.258 e. The largest absolute Gasteiger partial charge is 0.289 e. The van der Waals surface area contributed by atoms with E-state index in [2.05, 4.69) is 9.71 Å². The summed E-state index contributed by atoms with van der Waals surface area (Å²) in [5, 5.41) is 23.3. The summed E-state index contributed by atoms with van der Waals surface area (Å²) in [6, 6.07) is 10.6. The lowest BCUT2D eigenvalue weighted by Gasteiger charge is -2.05. The van der Waals surface area contributed by atoms with Gasteiger partial charge in [-0.3, -0.25) is 25.0 Å². The highest BCUT2D eigenvalue weighted by Crippen LogP contribution is 2.29. The van der Waals surface area contributed by atoms with Crippen LogP contribution in [0.1, 0.15) is 0 Å². The van der Waals surface area contributed by atoms with Crippen LogP contribution in [0.5, 0.6) is 0 Å². The molecule has 0 radical (unpaired) electrons. The maximum Gasteiger partial charge on any atom is 0.289 e. The third kappa shape index (κ3) is 3.91. The second-order valence-electron chi connectivity index (χ2n) is 5.17. The third-order valence-electron chi connectivity index (χ3n) is 3.45. The number of nitrogens with zero attached hydrogens (tertiary/aromatic N) is 3. The number of sulfonamides is 1. The molecule has 27 heavy (non-hydrogen) atoms. The minimum Gasteiger partial charge on any atom is -0.258 e. The number of anilines is 1. The van der Waals surface area contributed by atoms with E-state index in [1.807, 2.05) is 0 Å². The van der Waals surface area contributed by atoms with Gasteiger partial charge in [-0.25, -0.2) is 13.4 Å². The molecule has 1 N–H and O–H groups in total. The summed E-state index contributed by atoms with van der Waals surface area (Å²) >= 11 is 0.986. The Morgan fingerprint density at radius 2 is 1.63 bits per heavy atom. The number of hydrogen-bond donors (Lipinski definition) is 1. The van der Waals surface area contributed by atoms with E-state index in [0.717, 1.165) is 23.5 Å². The molecule has 0 aliphatic heterocycles. The molecule has 2 aromatic carbocycles. The molecule has 3 rings (SSSR count). The van der Waals surface area contributed by atoms with Crippen molar-refractivity contribution >= 4 is 37.9 Å². The quantitative estimate of drug-likeness (QED) is 0.487. The van der Waals surface area contributed by atoms with Gasteiger partial charge < -0.3 is 0 Å². The molecule has 1 heterocycles. The Bertz CT molecular complexity index is 1130. The van der Waals surface area contributed by atoms with Crippen LogP contribution in [0.4, 0.5) is 16.5 Å². The van der Waals surface area contributed by atoms with Crippen molar-refractivity contribution < 1.29 is 18.3 Å². The Balaban J connectivity index is 1.87. The molecular weight excluding hydrogens is 396 g/mol. The highest BCUT2D eigenvalue weighted by molar-refractivity contribution is 7.93. The van der Waals surface area contributed by atoms with Crippen LogP contribution in [-0.2, 0) is 10.0 Å². The summed E-state index contributed by atoms with van der Waals surface area (Å²) in [6.07, 6.45) is 0. The summed E-state index contributed by atoms with van der Waals surface area (Å²) in [6.45, 7) is 0. The summed E-state index contributed by atoms with van der Waals surface area (Å²) in [5.74, 6) is 0. The molecule has 0 saturated carbocycles. The number of rotatable bonds is 6. The molecule has 12 heteroatoms. The lowest BCUT2D eigenvalue weighted by atomic mass is 10.1. The molecular formula is C15H10N4O6S2. The minimum atomic E-state index is -4.21. The molecule has 0 fully saturated rings. The van der Waals surface area contributed by atoms with Gasteiger partial charge in [0.2, 0.25) is 0 Å². The van der Waals surface area contributed by atoms with E-state index in [1.165, 1.54) is 36.4 Å². The first-order valence-corrected chi connectivity index (χ1v) is 9.61. The molecule has 0 amide bonds. The second kappa shape index (κ2) is 7.09. The number of thiazole rings is 1. The zero-order valence-electron chi connectivity index (χ0n) is 13.3. The monoisotopic (exact) mass is 406 g/mol. The average Bonchev–Trinajstić information content (AvgIpc) is 3.09. The van der Waals surface area contributed by atoms with Crippen molar-refractivity contribution in [2.45, 2.75) is 4.90 Å². The summed E-state index contributed by atoms with van der Waals surface area (Å²) in [7, 11) is -4.21. The van der Waals surface area contributed by atoms with Crippen molar-refractivity contribution in [3.05, 3.63) is 74.1 Å². The predicted molar refractivity (Wildman–Crippen MR) is 98.1 cm³/mol. The molecule has 138 valence electrons.